The summed E-state index contributed by atoms with van der Waals surface area (Å²) in [4.78, 5) is 4.71. The molecule has 0 atom stereocenters. The fourth-order valence-electron chi connectivity index (χ4n) is 2.57. The number of nitrogens with zero attached hydrogens (tertiary/aromatic N) is 3. The third-order valence-electron chi connectivity index (χ3n) is 3.92. The van der Waals surface area contributed by atoms with Gasteiger partial charge in [-0.15, -0.1) is 11.3 Å². The van der Waals surface area contributed by atoms with Crippen LogP contribution >= 0.6 is 11.3 Å². The summed E-state index contributed by atoms with van der Waals surface area (Å²) >= 11 is 1.75. The van der Waals surface area contributed by atoms with Gasteiger partial charge in [-0.3, -0.25) is 4.68 Å². The number of aromatic nitrogens is 3. The molecule has 0 aromatic carbocycles. The maximum atomic E-state index is 4.71. The molecule has 0 unspecified atom stereocenters. The molecule has 0 bridgehead atoms. The Morgan fingerprint density at radius 3 is 2.85 bits per heavy atom. The smallest absolute Gasteiger partial charge is 0.107 e. The zero-order valence-electron chi connectivity index (χ0n) is 12.4. The van der Waals surface area contributed by atoms with Crippen molar-refractivity contribution in [2.24, 2.45) is 0 Å². The zero-order chi connectivity index (χ0) is 14.1. The first-order valence-electron chi connectivity index (χ1n) is 7.37. The van der Waals surface area contributed by atoms with Gasteiger partial charge in [0.25, 0.3) is 0 Å². The van der Waals surface area contributed by atoms with Crippen molar-refractivity contribution in [3.8, 4) is 0 Å². The van der Waals surface area contributed by atoms with E-state index in [1.807, 2.05) is 0 Å². The molecule has 3 rings (SSSR count). The van der Waals surface area contributed by atoms with E-state index in [2.05, 4.69) is 41.2 Å². The number of rotatable bonds is 6. The largest absolute Gasteiger partial charge is 0.308 e. The van der Waals surface area contributed by atoms with E-state index < -0.39 is 0 Å². The van der Waals surface area contributed by atoms with Crippen LogP contribution in [0.5, 0.6) is 0 Å². The fourth-order valence-corrected chi connectivity index (χ4v) is 3.31. The van der Waals surface area contributed by atoms with E-state index in [1.165, 1.54) is 29.1 Å². The SMILES string of the molecule is CCc1c(C)nn(Cc2csc(CNC3CC3)n2)c1C. The maximum Gasteiger partial charge on any atom is 0.107 e. The van der Waals surface area contributed by atoms with E-state index >= 15 is 0 Å². The van der Waals surface area contributed by atoms with Crippen LogP contribution in [-0.2, 0) is 19.5 Å². The molecule has 1 fully saturated rings. The van der Waals surface area contributed by atoms with Crippen LogP contribution in [0.4, 0.5) is 0 Å². The average molecular weight is 290 g/mol. The second-order valence-corrected chi connectivity index (χ2v) is 6.49. The molecule has 5 heteroatoms. The highest BCUT2D eigenvalue weighted by Gasteiger charge is 2.20. The van der Waals surface area contributed by atoms with Gasteiger partial charge in [0.15, 0.2) is 0 Å². The van der Waals surface area contributed by atoms with Gasteiger partial charge >= 0.3 is 0 Å². The highest BCUT2D eigenvalue weighted by Crippen LogP contribution is 2.20. The lowest BCUT2D eigenvalue weighted by atomic mass is 10.1. The average Bonchev–Trinajstić information content (AvgIpc) is 3.09. The van der Waals surface area contributed by atoms with E-state index in [1.54, 1.807) is 11.3 Å². The predicted octanol–water partition coefficient (Wildman–Crippen LogP) is 2.82. The number of hydrogen-bond acceptors (Lipinski definition) is 4. The van der Waals surface area contributed by atoms with Crippen molar-refractivity contribution in [1.29, 1.82) is 0 Å². The molecule has 1 N–H and O–H groups in total. The van der Waals surface area contributed by atoms with E-state index in [9.17, 15) is 0 Å². The summed E-state index contributed by atoms with van der Waals surface area (Å²) in [6.07, 6.45) is 3.69. The first-order valence-corrected chi connectivity index (χ1v) is 8.25. The van der Waals surface area contributed by atoms with Crippen LogP contribution in [0.3, 0.4) is 0 Å². The number of thiazole rings is 1. The number of nitrogens with one attached hydrogen (secondary N) is 1. The maximum absolute atomic E-state index is 4.71. The molecule has 0 saturated heterocycles. The van der Waals surface area contributed by atoms with Gasteiger partial charge in [-0.25, -0.2) is 4.98 Å². The summed E-state index contributed by atoms with van der Waals surface area (Å²) in [6, 6.07) is 0.741. The summed E-state index contributed by atoms with van der Waals surface area (Å²) in [7, 11) is 0. The summed E-state index contributed by atoms with van der Waals surface area (Å²) < 4.78 is 2.08. The molecule has 0 spiro atoms. The second-order valence-electron chi connectivity index (χ2n) is 5.55. The third-order valence-corrected chi connectivity index (χ3v) is 4.81. The van der Waals surface area contributed by atoms with Crippen LogP contribution in [0.15, 0.2) is 5.38 Å². The Balaban J connectivity index is 1.67. The molecule has 0 amide bonds. The van der Waals surface area contributed by atoms with Gasteiger partial charge in [-0.1, -0.05) is 6.92 Å². The van der Waals surface area contributed by atoms with Gasteiger partial charge in [0, 0.05) is 23.7 Å². The number of aryl methyl sites for hydroxylation is 1. The third kappa shape index (κ3) is 2.94. The first-order chi connectivity index (χ1) is 9.67. The lowest BCUT2D eigenvalue weighted by Gasteiger charge is -2.02. The van der Waals surface area contributed by atoms with E-state index in [4.69, 9.17) is 4.98 Å². The lowest BCUT2D eigenvalue weighted by molar-refractivity contribution is 0.641. The van der Waals surface area contributed by atoms with Crippen molar-refractivity contribution in [3.05, 3.63) is 33.0 Å². The topological polar surface area (TPSA) is 42.7 Å². The van der Waals surface area contributed by atoms with Crippen LogP contribution in [0, 0.1) is 13.8 Å². The van der Waals surface area contributed by atoms with Crippen LogP contribution in [0.2, 0.25) is 0 Å². The minimum Gasteiger partial charge on any atom is -0.308 e. The van der Waals surface area contributed by atoms with Crippen LogP contribution in [-0.4, -0.2) is 20.8 Å². The Labute approximate surface area is 124 Å². The molecule has 2 aromatic heterocycles. The van der Waals surface area contributed by atoms with E-state index in [0.717, 1.165) is 36.9 Å². The summed E-state index contributed by atoms with van der Waals surface area (Å²) in [5, 5.41) is 11.5. The van der Waals surface area contributed by atoms with Crippen molar-refractivity contribution in [2.45, 2.75) is 59.2 Å². The minimum atomic E-state index is 0.741. The van der Waals surface area contributed by atoms with Gasteiger partial charge in [-0.05, 0) is 38.7 Å². The normalized spacial score (nSPS) is 14.9. The molecule has 20 heavy (non-hydrogen) atoms. The molecule has 2 heterocycles. The van der Waals surface area contributed by atoms with Gasteiger partial charge < -0.3 is 5.32 Å². The van der Waals surface area contributed by atoms with E-state index in [0.29, 0.717) is 0 Å². The van der Waals surface area contributed by atoms with Crippen LogP contribution in [0.1, 0.15) is 47.4 Å². The van der Waals surface area contributed by atoms with Crippen LogP contribution < -0.4 is 5.32 Å². The summed E-state index contributed by atoms with van der Waals surface area (Å²) in [5.41, 5.74) is 4.92. The Morgan fingerprint density at radius 2 is 2.20 bits per heavy atom. The van der Waals surface area contributed by atoms with Gasteiger partial charge in [0.1, 0.15) is 5.01 Å². The summed E-state index contributed by atoms with van der Waals surface area (Å²) in [5.74, 6) is 0. The Bertz CT molecular complexity index is 595. The minimum absolute atomic E-state index is 0.741. The molecule has 0 aliphatic heterocycles. The molecular weight excluding hydrogens is 268 g/mol. The molecule has 2 aromatic rings. The van der Waals surface area contributed by atoms with Gasteiger partial charge in [0.05, 0.1) is 17.9 Å². The van der Waals surface area contributed by atoms with Crippen molar-refractivity contribution < 1.29 is 0 Å². The molecule has 1 aliphatic carbocycles. The van der Waals surface area contributed by atoms with Gasteiger partial charge in [-0.2, -0.15) is 5.10 Å². The lowest BCUT2D eigenvalue weighted by Crippen LogP contribution is -2.15. The van der Waals surface area contributed by atoms with Crippen molar-refractivity contribution in [1.82, 2.24) is 20.1 Å². The molecular formula is C15H22N4S. The van der Waals surface area contributed by atoms with Crippen molar-refractivity contribution in [2.75, 3.05) is 0 Å². The molecule has 108 valence electrons. The quantitative estimate of drug-likeness (QED) is 0.889. The monoisotopic (exact) mass is 290 g/mol. The number of hydrogen-bond donors (Lipinski definition) is 1. The fraction of sp³-hybridized carbons (Fsp3) is 0.600. The summed E-state index contributed by atoms with van der Waals surface area (Å²) in [6.45, 7) is 8.13. The zero-order valence-corrected chi connectivity index (χ0v) is 13.3. The Morgan fingerprint density at radius 1 is 1.40 bits per heavy atom. The Kier molecular flexibility index (Phi) is 3.89. The molecule has 1 saturated carbocycles. The highest BCUT2D eigenvalue weighted by atomic mass is 32.1. The second kappa shape index (κ2) is 5.66. The van der Waals surface area contributed by atoms with Crippen LogP contribution in [0.25, 0.3) is 0 Å². The predicted molar refractivity (Wildman–Crippen MR) is 82.2 cm³/mol. The van der Waals surface area contributed by atoms with Crippen molar-refractivity contribution in [3.63, 3.8) is 0 Å². The highest BCUT2D eigenvalue weighted by molar-refractivity contribution is 7.09. The standard InChI is InChI=1S/C15H22N4S/c1-4-14-10(2)18-19(11(14)3)8-13-9-20-15(17-13)7-16-12-5-6-12/h9,12,16H,4-8H2,1-3H3. The molecule has 4 nitrogen and oxygen atoms in total. The van der Waals surface area contributed by atoms with E-state index in [-0.39, 0.29) is 0 Å². The van der Waals surface area contributed by atoms with Crippen molar-refractivity contribution >= 4 is 11.3 Å². The first kappa shape index (κ1) is 13.8. The molecule has 1 aliphatic rings. The molecule has 0 radical (unpaired) electrons. The van der Waals surface area contributed by atoms with Gasteiger partial charge in [0.2, 0.25) is 0 Å². The Hall–Kier alpha value is -1.20.